The van der Waals surface area contributed by atoms with E-state index in [1.807, 2.05) is 30.8 Å². The summed E-state index contributed by atoms with van der Waals surface area (Å²) in [7, 11) is 1.65. The van der Waals surface area contributed by atoms with E-state index in [0.717, 1.165) is 6.54 Å². The van der Waals surface area contributed by atoms with Crippen molar-refractivity contribution in [2.24, 2.45) is 10.8 Å². The van der Waals surface area contributed by atoms with Crippen LogP contribution < -0.4 is 16.6 Å². The van der Waals surface area contributed by atoms with Crippen LogP contribution in [-0.4, -0.2) is 41.5 Å². The first-order chi connectivity index (χ1) is 8.65. The minimum absolute atomic E-state index is 0.0467. The van der Waals surface area contributed by atoms with Crippen LogP contribution in [0.2, 0.25) is 0 Å². The highest BCUT2D eigenvalue weighted by atomic mass is 16.5. The van der Waals surface area contributed by atoms with Gasteiger partial charge in [-0.25, -0.2) is 10.8 Å². The second-order valence-electron chi connectivity index (χ2n) is 4.20. The Kier molecular flexibility index (Phi) is 6.16. The smallest absolute Gasteiger partial charge is 0.206 e. The SMILES string of the molecule is COCC(C)N=C(NN)NC(C)Cn1cccn1. The molecule has 2 atom stereocenters. The van der Waals surface area contributed by atoms with Crippen molar-refractivity contribution in [2.75, 3.05) is 13.7 Å². The number of hydrogen-bond donors (Lipinski definition) is 3. The van der Waals surface area contributed by atoms with Gasteiger partial charge in [0.1, 0.15) is 0 Å². The Labute approximate surface area is 107 Å². The molecule has 0 spiro atoms. The van der Waals surface area contributed by atoms with Crippen LogP contribution in [0.1, 0.15) is 13.8 Å². The summed E-state index contributed by atoms with van der Waals surface area (Å²) in [5.74, 6) is 5.99. The van der Waals surface area contributed by atoms with E-state index in [1.54, 1.807) is 13.3 Å². The van der Waals surface area contributed by atoms with Crippen molar-refractivity contribution in [3.05, 3.63) is 18.5 Å². The molecule has 0 radical (unpaired) electrons. The number of nitrogens with two attached hydrogens (primary N) is 1. The van der Waals surface area contributed by atoms with Crippen molar-refractivity contribution >= 4 is 5.96 Å². The van der Waals surface area contributed by atoms with Crippen LogP contribution in [0.4, 0.5) is 0 Å². The summed E-state index contributed by atoms with van der Waals surface area (Å²) in [5.41, 5.74) is 2.56. The lowest BCUT2D eigenvalue weighted by Crippen LogP contribution is -2.47. The minimum atomic E-state index is 0.0467. The van der Waals surface area contributed by atoms with Crippen LogP contribution in [0.15, 0.2) is 23.5 Å². The highest BCUT2D eigenvalue weighted by Gasteiger charge is 2.07. The molecule has 0 saturated carbocycles. The first kappa shape index (κ1) is 14.5. The number of hydrazine groups is 1. The lowest BCUT2D eigenvalue weighted by molar-refractivity contribution is 0.185. The fraction of sp³-hybridized carbons (Fsp3) is 0.636. The highest BCUT2D eigenvalue weighted by Crippen LogP contribution is 1.93. The molecular formula is C11H22N6O. The van der Waals surface area contributed by atoms with Crippen molar-refractivity contribution in [2.45, 2.75) is 32.5 Å². The van der Waals surface area contributed by atoms with Gasteiger partial charge in [-0.05, 0) is 19.9 Å². The maximum Gasteiger partial charge on any atom is 0.206 e. The van der Waals surface area contributed by atoms with Crippen LogP contribution in [0.3, 0.4) is 0 Å². The fourth-order valence-electron chi connectivity index (χ4n) is 1.58. The molecule has 1 rings (SSSR count). The monoisotopic (exact) mass is 254 g/mol. The molecule has 0 aromatic carbocycles. The third-order valence-corrected chi connectivity index (χ3v) is 2.30. The summed E-state index contributed by atoms with van der Waals surface area (Å²) in [4.78, 5) is 4.37. The molecule has 1 aromatic heterocycles. The molecule has 0 bridgehead atoms. The third-order valence-electron chi connectivity index (χ3n) is 2.30. The van der Waals surface area contributed by atoms with Gasteiger partial charge < -0.3 is 10.1 Å². The van der Waals surface area contributed by atoms with E-state index in [1.165, 1.54) is 0 Å². The summed E-state index contributed by atoms with van der Waals surface area (Å²) in [5, 5.41) is 7.34. The van der Waals surface area contributed by atoms with Crippen LogP contribution in [-0.2, 0) is 11.3 Å². The van der Waals surface area contributed by atoms with Gasteiger partial charge in [0.25, 0.3) is 0 Å². The minimum Gasteiger partial charge on any atom is -0.382 e. The predicted molar refractivity (Wildman–Crippen MR) is 70.9 cm³/mol. The van der Waals surface area contributed by atoms with E-state index >= 15 is 0 Å². The molecule has 2 unspecified atom stereocenters. The van der Waals surface area contributed by atoms with Gasteiger partial charge in [0.15, 0.2) is 0 Å². The molecule has 0 fully saturated rings. The maximum atomic E-state index is 5.43. The second-order valence-corrected chi connectivity index (χ2v) is 4.20. The molecule has 1 aromatic rings. The Morgan fingerprint density at radius 3 is 2.89 bits per heavy atom. The molecule has 18 heavy (non-hydrogen) atoms. The van der Waals surface area contributed by atoms with Crippen molar-refractivity contribution in [3.8, 4) is 0 Å². The summed E-state index contributed by atoms with van der Waals surface area (Å²) in [6.45, 7) is 5.29. The number of guanidine groups is 1. The van der Waals surface area contributed by atoms with E-state index in [-0.39, 0.29) is 12.1 Å². The summed E-state index contributed by atoms with van der Waals surface area (Å²) in [6, 6.07) is 2.10. The van der Waals surface area contributed by atoms with Crippen LogP contribution in [0.25, 0.3) is 0 Å². The standard InChI is InChI=1S/C11H22N6O/c1-9(7-17-6-4-5-13-17)14-11(16-12)15-10(2)8-18-3/h4-6,9-10H,7-8,12H2,1-3H3,(H2,14,15,16). The normalized spacial score (nSPS) is 15.2. The predicted octanol–water partition coefficient (Wildman–Crippen LogP) is -0.285. The topological polar surface area (TPSA) is 89.5 Å². The first-order valence-corrected chi connectivity index (χ1v) is 5.93. The third kappa shape index (κ3) is 5.15. The maximum absolute atomic E-state index is 5.43. The summed E-state index contributed by atoms with van der Waals surface area (Å²) < 4.78 is 6.87. The molecule has 4 N–H and O–H groups in total. The molecule has 0 saturated heterocycles. The number of aliphatic imine (C=N–C) groups is 1. The number of ether oxygens (including phenoxy) is 1. The van der Waals surface area contributed by atoms with Gasteiger partial charge in [-0.15, -0.1) is 0 Å². The molecule has 1 heterocycles. The van der Waals surface area contributed by atoms with Crippen molar-refractivity contribution < 1.29 is 4.74 Å². The Morgan fingerprint density at radius 2 is 2.33 bits per heavy atom. The van der Waals surface area contributed by atoms with E-state index < -0.39 is 0 Å². The zero-order valence-corrected chi connectivity index (χ0v) is 11.1. The lowest BCUT2D eigenvalue weighted by Gasteiger charge is -2.17. The Bertz CT molecular complexity index is 350. The zero-order chi connectivity index (χ0) is 13.4. The second kappa shape index (κ2) is 7.67. The van der Waals surface area contributed by atoms with Gasteiger partial charge in [-0.1, -0.05) is 0 Å². The quantitative estimate of drug-likeness (QED) is 0.281. The van der Waals surface area contributed by atoms with Crippen LogP contribution in [0, 0.1) is 0 Å². The van der Waals surface area contributed by atoms with E-state index in [2.05, 4.69) is 20.8 Å². The van der Waals surface area contributed by atoms with E-state index in [4.69, 9.17) is 10.6 Å². The average molecular weight is 254 g/mol. The number of nitrogens with one attached hydrogen (secondary N) is 2. The van der Waals surface area contributed by atoms with Crippen LogP contribution >= 0.6 is 0 Å². The van der Waals surface area contributed by atoms with Crippen molar-refractivity contribution in [1.29, 1.82) is 0 Å². The summed E-state index contributed by atoms with van der Waals surface area (Å²) >= 11 is 0. The van der Waals surface area contributed by atoms with Crippen LogP contribution in [0.5, 0.6) is 0 Å². The van der Waals surface area contributed by atoms with Gasteiger partial charge >= 0.3 is 0 Å². The largest absolute Gasteiger partial charge is 0.382 e. The van der Waals surface area contributed by atoms with Gasteiger partial charge in [0.2, 0.25) is 5.96 Å². The molecule has 0 aliphatic rings. The number of rotatable bonds is 6. The molecule has 0 amide bonds. The highest BCUT2D eigenvalue weighted by molar-refractivity contribution is 5.79. The zero-order valence-electron chi connectivity index (χ0n) is 11.1. The van der Waals surface area contributed by atoms with Crippen molar-refractivity contribution in [1.82, 2.24) is 20.5 Å². The van der Waals surface area contributed by atoms with Gasteiger partial charge in [-0.3, -0.25) is 10.1 Å². The summed E-state index contributed by atoms with van der Waals surface area (Å²) in [6.07, 6.45) is 3.67. The molecule has 0 aliphatic heterocycles. The fourth-order valence-corrected chi connectivity index (χ4v) is 1.58. The molecule has 7 heteroatoms. The molecular weight excluding hydrogens is 232 g/mol. The number of nitrogens with zero attached hydrogens (tertiary/aromatic N) is 3. The first-order valence-electron chi connectivity index (χ1n) is 5.93. The Balaban J connectivity index is 2.46. The Morgan fingerprint density at radius 1 is 1.56 bits per heavy atom. The van der Waals surface area contributed by atoms with Gasteiger partial charge in [-0.2, -0.15) is 5.10 Å². The lowest BCUT2D eigenvalue weighted by atomic mass is 10.3. The number of aromatic nitrogens is 2. The number of hydrogen-bond acceptors (Lipinski definition) is 4. The van der Waals surface area contributed by atoms with E-state index in [0.29, 0.717) is 12.6 Å². The molecule has 102 valence electrons. The average Bonchev–Trinajstić information content (AvgIpc) is 2.81. The van der Waals surface area contributed by atoms with Crippen molar-refractivity contribution in [3.63, 3.8) is 0 Å². The van der Waals surface area contributed by atoms with Gasteiger partial charge in [0, 0.05) is 25.5 Å². The molecule has 0 aliphatic carbocycles. The van der Waals surface area contributed by atoms with Gasteiger partial charge in [0.05, 0.1) is 19.2 Å². The van der Waals surface area contributed by atoms with E-state index in [9.17, 15) is 0 Å². The number of methoxy groups -OCH3 is 1. The molecule has 7 nitrogen and oxygen atoms in total. The Hall–Kier alpha value is -1.60.